The molecule has 2 fully saturated rings. The van der Waals surface area contributed by atoms with E-state index in [-0.39, 0.29) is 0 Å². The Morgan fingerprint density at radius 1 is 1.17 bits per heavy atom. The van der Waals surface area contributed by atoms with Crippen molar-refractivity contribution < 1.29 is 9.22 Å². The first-order valence-corrected chi connectivity index (χ1v) is 12.6. The van der Waals surface area contributed by atoms with Gasteiger partial charge in [0, 0.05) is 12.5 Å². The predicted molar refractivity (Wildman–Crippen MR) is 100 cm³/mol. The molecule has 2 saturated carbocycles. The molecule has 1 unspecified atom stereocenters. The van der Waals surface area contributed by atoms with Crippen LogP contribution in [0, 0.1) is 23.2 Å². The van der Waals surface area contributed by atoms with Gasteiger partial charge < -0.3 is 9.22 Å². The standard InChI is InChI=1S/C20H38O2Si/c1-6-23(7-2,8-3)22-19-10-9-14-20(5)17(11-12-18(19)20)16(4)13-15-21/h15-19H,6-14H2,1-5H3/t16-,17-,18+,19?,20-/m1/s1. The van der Waals surface area contributed by atoms with Crippen LogP contribution in [-0.4, -0.2) is 20.7 Å². The molecule has 0 heterocycles. The van der Waals surface area contributed by atoms with Crippen LogP contribution in [0.4, 0.5) is 0 Å². The highest BCUT2D eigenvalue weighted by Crippen LogP contribution is 2.59. The van der Waals surface area contributed by atoms with Crippen LogP contribution in [0.3, 0.4) is 0 Å². The molecule has 2 nitrogen and oxygen atoms in total. The van der Waals surface area contributed by atoms with Gasteiger partial charge in [-0.05, 0) is 67.0 Å². The van der Waals surface area contributed by atoms with Crippen LogP contribution in [0.5, 0.6) is 0 Å². The van der Waals surface area contributed by atoms with Gasteiger partial charge in [0.1, 0.15) is 6.29 Å². The van der Waals surface area contributed by atoms with Crippen molar-refractivity contribution in [1.82, 2.24) is 0 Å². The van der Waals surface area contributed by atoms with Crippen molar-refractivity contribution in [2.45, 2.75) is 97.4 Å². The SMILES string of the molecule is CC[Si](CC)(CC)OC1CCC[C@]2(C)[C@@H]([C@H](C)CC=O)CC[C@@H]12. The van der Waals surface area contributed by atoms with E-state index in [2.05, 4.69) is 34.6 Å². The van der Waals surface area contributed by atoms with Gasteiger partial charge in [0.15, 0.2) is 8.32 Å². The highest BCUT2D eigenvalue weighted by Gasteiger charge is 2.53. The lowest BCUT2D eigenvalue weighted by atomic mass is 9.61. The first kappa shape index (κ1) is 19.2. The van der Waals surface area contributed by atoms with Crippen molar-refractivity contribution in [2.75, 3.05) is 0 Å². The highest BCUT2D eigenvalue weighted by atomic mass is 28.4. The Labute approximate surface area is 144 Å². The van der Waals surface area contributed by atoms with E-state index in [1.807, 2.05) is 0 Å². The molecule has 0 aliphatic heterocycles. The third-order valence-electron chi connectivity index (χ3n) is 7.62. The molecule has 0 aromatic heterocycles. The molecule has 134 valence electrons. The van der Waals surface area contributed by atoms with Crippen LogP contribution in [0.1, 0.15) is 73.1 Å². The van der Waals surface area contributed by atoms with Gasteiger partial charge >= 0.3 is 0 Å². The molecular weight excluding hydrogens is 300 g/mol. The van der Waals surface area contributed by atoms with E-state index in [4.69, 9.17) is 4.43 Å². The summed E-state index contributed by atoms with van der Waals surface area (Å²) >= 11 is 0. The van der Waals surface area contributed by atoms with Crippen molar-refractivity contribution in [3.05, 3.63) is 0 Å². The van der Waals surface area contributed by atoms with Crippen LogP contribution in [0.15, 0.2) is 0 Å². The van der Waals surface area contributed by atoms with Gasteiger partial charge in [0.05, 0.1) is 0 Å². The van der Waals surface area contributed by atoms with E-state index in [1.54, 1.807) is 0 Å². The minimum atomic E-state index is -1.52. The number of aldehydes is 1. The lowest BCUT2D eigenvalue weighted by Crippen LogP contribution is -2.48. The van der Waals surface area contributed by atoms with Crippen molar-refractivity contribution in [2.24, 2.45) is 23.2 Å². The summed E-state index contributed by atoms with van der Waals surface area (Å²) in [5.41, 5.74) is 0.403. The first-order chi connectivity index (χ1) is 11.0. The van der Waals surface area contributed by atoms with Gasteiger partial charge in [-0.15, -0.1) is 0 Å². The molecule has 5 atom stereocenters. The molecule has 23 heavy (non-hydrogen) atoms. The number of rotatable bonds is 8. The van der Waals surface area contributed by atoms with Gasteiger partial charge in [-0.2, -0.15) is 0 Å². The summed E-state index contributed by atoms with van der Waals surface area (Å²) in [6.07, 6.45) is 8.88. The zero-order valence-electron chi connectivity index (χ0n) is 16.1. The minimum Gasteiger partial charge on any atom is -0.414 e. The molecule has 0 aromatic rings. The number of carbonyl (C=O) groups is 1. The van der Waals surface area contributed by atoms with Gasteiger partial charge in [0.25, 0.3) is 0 Å². The fraction of sp³-hybridized carbons (Fsp3) is 0.950. The second-order valence-corrected chi connectivity index (χ2v) is 13.2. The lowest BCUT2D eigenvalue weighted by Gasteiger charge is -2.48. The second-order valence-electron chi connectivity index (χ2n) is 8.47. The largest absolute Gasteiger partial charge is 0.414 e. The zero-order chi connectivity index (χ0) is 17.1. The second kappa shape index (κ2) is 7.82. The van der Waals surface area contributed by atoms with E-state index in [0.29, 0.717) is 23.4 Å². The first-order valence-electron chi connectivity index (χ1n) is 10.1. The minimum absolute atomic E-state index is 0.403. The maximum atomic E-state index is 11.0. The number of carbonyl (C=O) groups excluding carboxylic acids is 1. The van der Waals surface area contributed by atoms with Gasteiger partial charge in [-0.25, -0.2) is 0 Å². The topological polar surface area (TPSA) is 26.3 Å². The summed E-state index contributed by atoms with van der Waals surface area (Å²) in [5, 5.41) is 0. The van der Waals surface area contributed by atoms with E-state index >= 15 is 0 Å². The molecule has 0 saturated heterocycles. The van der Waals surface area contributed by atoms with E-state index in [0.717, 1.165) is 18.6 Å². The van der Waals surface area contributed by atoms with E-state index in [9.17, 15) is 4.79 Å². The number of hydrogen-bond acceptors (Lipinski definition) is 2. The Bertz CT molecular complexity index is 385. The van der Waals surface area contributed by atoms with Gasteiger partial charge in [0.2, 0.25) is 0 Å². The average Bonchev–Trinajstić information content (AvgIpc) is 2.91. The van der Waals surface area contributed by atoms with Crippen LogP contribution >= 0.6 is 0 Å². The Hall–Kier alpha value is -0.153. The fourth-order valence-corrected chi connectivity index (χ4v) is 8.80. The van der Waals surface area contributed by atoms with Gasteiger partial charge in [-0.1, -0.05) is 41.0 Å². The van der Waals surface area contributed by atoms with Crippen molar-refractivity contribution in [1.29, 1.82) is 0 Å². The molecule has 2 aliphatic carbocycles. The molecule has 0 spiro atoms. The van der Waals surface area contributed by atoms with E-state index < -0.39 is 8.32 Å². The Morgan fingerprint density at radius 2 is 1.83 bits per heavy atom. The Morgan fingerprint density at radius 3 is 2.39 bits per heavy atom. The average molecular weight is 339 g/mol. The third-order valence-corrected chi connectivity index (χ3v) is 12.3. The molecule has 0 radical (unpaired) electrons. The van der Waals surface area contributed by atoms with Crippen LogP contribution in [0.2, 0.25) is 18.1 Å². The molecular formula is C20H38O2Si. The Kier molecular flexibility index (Phi) is 6.52. The van der Waals surface area contributed by atoms with E-state index in [1.165, 1.54) is 50.2 Å². The van der Waals surface area contributed by atoms with Crippen LogP contribution < -0.4 is 0 Å². The van der Waals surface area contributed by atoms with Crippen molar-refractivity contribution >= 4 is 14.6 Å². The smallest absolute Gasteiger partial charge is 0.192 e. The number of hydrogen-bond donors (Lipinski definition) is 0. The van der Waals surface area contributed by atoms with Crippen LogP contribution in [-0.2, 0) is 9.22 Å². The summed E-state index contributed by atoms with van der Waals surface area (Å²) in [5.74, 6) is 1.98. The third kappa shape index (κ3) is 3.61. The summed E-state index contributed by atoms with van der Waals surface area (Å²) in [7, 11) is -1.52. The Balaban J connectivity index is 2.15. The zero-order valence-corrected chi connectivity index (χ0v) is 17.1. The lowest BCUT2D eigenvalue weighted by molar-refractivity contribution is -0.109. The van der Waals surface area contributed by atoms with Crippen molar-refractivity contribution in [3.8, 4) is 0 Å². The van der Waals surface area contributed by atoms with Crippen molar-refractivity contribution in [3.63, 3.8) is 0 Å². The molecule has 2 rings (SSSR count). The fourth-order valence-electron chi connectivity index (χ4n) is 5.87. The predicted octanol–water partition coefficient (Wildman–Crippen LogP) is 5.82. The summed E-state index contributed by atoms with van der Waals surface area (Å²) < 4.78 is 6.96. The summed E-state index contributed by atoms with van der Waals surface area (Å²) in [6, 6.07) is 3.76. The highest BCUT2D eigenvalue weighted by molar-refractivity contribution is 6.73. The molecule has 0 bridgehead atoms. The van der Waals surface area contributed by atoms with Crippen LogP contribution in [0.25, 0.3) is 0 Å². The summed E-state index contributed by atoms with van der Waals surface area (Å²) in [6.45, 7) is 11.8. The molecule has 0 aromatic carbocycles. The molecule has 3 heteroatoms. The molecule has 2 aliphatic rings. The normalized spacial score (nSPS) is 35.8. The quantitative estimate of drug-likeness (QED) is 0.412. The monoisotopic (exact) mass is 338 g/mol. The number of fused-ring (bicyclic) bond motifs is 1. The molecule has 0 amide bonds. The maximum absolute atomic E-state index is 11.0. The maximum Gasteiger partial charge on any atom is 0.192 e. The molecule has 0 N–H and O–H groups in total. The van der Waals surface area contributed by atoms with Gasteiger partial charge in [-0.3, -0.25) is 0 Å². The summed E-state index contributed by atoms with van der Waals surface area (Å²) in [4.78, 5) is 11.0.